The van der Waals surface area contributed by atoms with Crippen molar-refractivity contribution in [3.05, 3.63) is 75.1 Å². The number of amides is 1. The van der Waals surface area contributed by atoms with Crippen LogP contribution < -0.4 is 5.32 Å². The van der Waals surface area contributed by atoms with E-state index in [2.05, 4.69) is 47.6 Å². The van der Waals surface area contributed by atoms with Gasteiger partial charge in [0.1, 0.15) is 0 Å². The van der Waals surface area contributed by atoms with Gasteiger partial charge in [0.05, 0.1) is 29.8 Å². The van der Waals surface area contributed by atoms with Crippen LogP contribution in [0.3, 0.4) is 0 Å². The molecule has 1 aromatic heterocycles. The maximum absolute atomic E-state index is 12.6. The number of benzene rings is 2. The Kier molecular flexibility index (Phi) is 7.18. The normalized spacial score (nSPS) is 11.1. The minimum Gasteiger partial charge on any atom is -0.374 e. The zero-order chi connectivity index (χ0) is 20.8. The molecular weight excluding hydrogens is 380 g/mol. The van der Waals surface area contributed by atoms with Crippen molar-refractivity contribution in [3.8, 4) is 11.3 Å². The predicted molar refractivity (Wildman–Crippen MR) is 119 cm³/mol. The fraction of sp³-hybridized carbons (Fsp3) is 0.333. The number of thiazole rings is 1. The van der Waals surface area contributed by atoms with E-state index in [4.69, 9.17) is 4.74 Å². The second-order valence-corrected chi connectivity index (χ2v) is 8.79. The van der Waals surface area contributed by atoms with Gasteiger partial charge in [0.15, 0.2) is 0 Å². The van der Waals surface area contributed by atoms with Crippen LogP contribution in [0, 0.1) is 13.8 Å². The van der Waals surface area contributed by atoms with E-state index in [1.165, 1.54) is 5.56 Å². The molecule has 1 N–H and O–H groups in total. The Hall–Kier alpha value is -2.50. The summed E-state index contributed by atoms with van der Waals surface area (Å²) >= 11 is 1.59. The molecule has 0 saturated heterocycles. The molecular formula is C24H28N2O2S. The van der Waals surface area contributed by atoms with E-state index in [9.17, 15) is 4.79 Å². The average molecular weight is 409 g/mol. The third kappa shape index (κ3) is 6.24. The molecule has 0 fully saturated rings. The number of aryl methyl sites for hydroxylation is 2. The highest BCUT2D eigenvalue weighted by atomic mass is 32.1. The van der Waals surface area contributed by atoms with E-state index in [1.54, 1.807) is 11.3 Å². The molecule has 5 heteroatoms. The second-order valence-electron chi connectivity index (χ2n) is 7.50. The Morgan fingerprint density at radius 1 is 1.10 bits per heavy atom. The maximum atomic E-state index is 12.6. The van der Waals surface area contributed by atoms with Crippen molar-refractivity contribution >= 4 is 17.2 Å². The molecule has 3 rings (SSSR count). The monoisotopic (exact) mass is 408 g/mol. The van der Waals surface area contributed by atoms with Crippen LogP contribution in [0.4, 0.5) is 0 Å². The summed E-state index contributed by atoms with van der Waals surface area (Å²) in [4.78, 5) is 18.2. The lowest BCUT2D eigenvalue weighted by molar-refractivity contribution is -0.120. The highest BCUT2D eigenvalue weighted by molar-refractivity contribution is 7.12. The van der Waals surface area contributed by atoms with Crippen LogP contribution in [-0.2, 0) is 29.1 Å². The van der Waals surface area contributed by atoms with Gasteiger partial charge in [-0.25, -0.2) is 4.98 Å². The van der Waals surface area contributed by atoms with Crippen LogP contribution in [0.1, 0.15) is 40.4 Å². The van der Waals surface area contributed by atoms with Gasteiger partial charge < -0.3 is 10.1 Å². The summed E-state index contributed by atoms with van der Waals surface area (Å²) in [5.74, 6) is 0.00541. The minimum atomic E-state index is 0.00541. The van der Waals surface area contributed by atoms with E-state index >= 15 is 0 Å². The molecule has 0 bridgehead atoms. The fourth-order valence-electron chi connectivity index (χ4n) is 3.03. The van der Waals surface area contributed by atoms with Crippen LogP contribution in [0.5, 0.6) is 0 Å². The van der Waals surface area contributed by atoms with Gasteiger partial charge in [-0.1, -0.05) is 54.1 Å². The van der Waals surface area contributed by atoms with Crippen LogP contribution in [0.2, 0.25) is 0 Å². The van der Waals surface area contributed by atoms with E-state index < -0.39 is 0 Å². The van der Waals surface area contributed by atoms with Crippen molar-refractivity contribution in [1.29, 1.82) is 0 Å². The minimum absolute atomic E-state index is 0.00541. The summed E-state index contributed by atoms with van der Waals surface area (Å²) in [6.45, 7) is 9.18. The van der Waals surface area contributed by atoms with Crippen molar-refractivity contribution in [2.75, 3.05) is 0 Å². The Bertz CT molecular complexity index is 961. The molecule has 1 heterocycles. The topological polar surface area (TPSA) is 51.2 Å². The Morgan fingerprint density at radius 2 is 1.83 bits per heavy atom. The molecule has 0 spiro atoms. The largest absolute Gasteiger partial charge is 0.374 e. The van der Waals surface area contributed by atoms with Crippen molar-refractivity contribution in [2.45, 2.75) is 53.4 Å². The maximum Gasteiger partial charge on any atom is 0.225 e. The van der Waals surface area contributed by atoms with E-state index in [0.29, 0.717) is 19.6 Å². The highest BCUT2D eigenvalue weighted by Crippen LogP contribution is 2.28. The number of hydrogen-bond donors (Lipinski definition) is 1. The van der Waals surface area contributed by atoms with Crippen molar-refractivity contribution in [2.24, 2.45) is 0 Å². The van der Waals surface area contributed by atoms with Crippen LogP contribution in [0.15, 0.2) is 48.5 Å². The van der Waals surface area contributed by atoms with Crippen molar-refractivity contribution in [1.82, 2.24) is 10.3 Å². The number of aromatic nitrogens is 1. The number of nitrogens with zero attached hydrogens (tertiary/aromatic N) is 1. The molecule has 0 aliphatic rings. The first-order valence-corrected chi connectivity index (χ1v) is 10.7. The Balaban J connectivity index is 1.62. The Morgan fingerprint density at radius 3 is 2.55 bits per heavy atom. The standard InChI is InChI=1S/C24H28N2O2S/c1-16(2)28-15-20-7-5-6-19(12-20)14-25-23(27)13-22-24(26-18(4)29-22)21-10-8-17(3)9-11-21/h5-12,16H,13-15H2,1-4H3,(H,25,27). The number of carbonyl (C=O) groups excluding carboxylic acids is 1. The first-order valence-electron chi connectivity index (χ1n) is 9.90. The second kappa shape index (κ2) is 9.81. The summed E-state index contributed by atoms with van der Waals surface area (Å²) in [6, 6.07) is 16.4. The average Bonchev–Trinajstić information content (AvgIpc) is 3.05. The molecule has 0 aliphatic carbocycles. The molecule has 1 amide bonds. The lowest BCUT2D eigenvalue weighted by Crippen LogP contribution is -2.24. The number of nitrogens with one attached hydrogen (secondary N) is 1. The van der Waals surface area contributed by atoms with E-state index in [0.717, 1.165) is 32.3 Å². The van der Waals surface area contributed by atoms with Crippen molar-refractivity contribution in [3.63, 3.8) is 0 Å². The third-order valence-electron chi connectivity index (χ3n) is 4.51. The number of carbonyl (C=O) groups is 1. The van der Waals surface area contributed by atoms with Crippen molar-refractivity contribution < 1.29 is 9.53 Å². The van der Waals surface area contributed by atoms with Crippen LogP contribution in [0.25, 0.3) is 11.3 Å². The first kappa shape index (κ1) is 21.2. The predicted octanol–water partition coefficient (Wildman–Crippen LogP) is 5.21. The molecule has 2 aromatic carbocycles. The molecule has 0 unspecified atom stereocenters. The van der Waals surface area contributed by atoms with Crippen LogP contribution in [-0.4, -0.2) is 17.0 Å². The quantitative estimate of drug-likeness (QED) is 0.557. The summed E-state index contributed by atoms with van der Waals surface area (Å²) in [7, 11) is 0. The summed E-state index contributed by atoms with van der Waals surface area (Å²) < 4.78 is 5.66. The molecule has 0 atom stereocenters. The van der Waals surface area contributed by atoms with Gasteiger partial charge in [0.2, 0.25) is 5.91 Å². The van der Waals surface area contributed by atoms with Crippen LogP contribution >= 0.6 is 11.3 Å². The fourth-order valence-corrected chi connectivity index (χ4v) is 3.98. The lowest BCUT2D eigenvalue weighted by Gasteiger charge is -2.10. The van der Waals surface area contributed by atoms with Gasteiger partial charge >= 0.3 is 0 Å². The summed E-state index contributed by atoms with van der Waals surface area (Å²) in [5, 5.41) is 4.01. The van der Waals surface area contributed by atoms with E-state index in [1.807, 2.05) is 39.0 Å². The zero-order valence-corrected chi connectivity index (χ0v) is 18.3. The van der Waals surface area contributed by atoms with Gasteiger partial charge in [-0.15, -0.1) is 11.3 Å². The number of rotatable bonds is 8. The highest BCUT2D eigenvalue weighted by Gasteiger charge is 2.14. The van der Waals surface area contributed by atoms with Gasteiger partial charge in [-0.3, -0.25) is 4.79 Å². The Labute approximate surface area is 177 Å². The van der Waals surface area contributed by atoms with Gasteiger partial charge in [-0.05, 0) is 38.8 Å². The molecule has 0 saturated carbocycles. The third-order valence-corrected chi connectivity index (χ3v) is 5.49. The summed E-state index contributed by atoms with van der Waals surface area (Å²) in [5.41, 5.74) is 5.37. The molecule has 3 aromatic rings. The lowest BCUT2D eigenvalue weighted by atomic mass is 10.1. The summed E-state index contributed by atoms with van der Waals surface area (Å²) in [6.07, 6.45) is 0.536. The van der Waals surface area contributed by atoms with Gasteiger partial charge in [0, 0.05) is 17.0 Å². The van der Waals surface area contributed by atoms with Gasteiger partial charge in [-0.2, -0.15) is 0 Å². The number of ether oxygens (including phenoxy) is 1. The molecule has 0 aliphatic heterocycles. The smallest absolute Gasteiger partial charge is 0.225 e. The molecule has 152 valence electrons. The zero-order valence-electron chi connectivity index (χ0n) is 17.5. The molecule has 29 heavy (non-hydrogen) atoms. The van der Waals surface area contributed by atoms with Gasteiger partial charge in [0.25, 0.3) is 0 Å². The molecule has 4 nitrogen and oxygen atoms in total. The molecule has 0 radical (unpaired) electrons. The van der Waals surface area contributed by atoms with E-state index in [-0.39, 0.29) is 12.0 Å². The SMILES string of the molecule is Cc1ccc(-c2nc(C)sc2CC(=O)NCc2cccc(COC(C)C)c2)cc1. The number of hydrogen-bond acceptors (Lipinski definition) is 4. The first-order chi connectivity index (χ1) is 13.9.